The molecule has 0 unspecified atom stereocenters. The number of rotatable bonds is 27. The molecule has 0 aliphatic heterocycles. The van der Waals surface area contributed by atoms with Gasteiger partial charge in [0.2, 0.25) is 0 Å². The molecular formula is C31H66Br3P. The molecule has 0 saturated heterocycles. The minimum atomic E-state index is -0.668. The van der Waals surface area contributed by atoms with Crippen molar-refractivity contribution in [2.24, 2.45) is 0 Å². The van der Waals surface area contributed by atoms with E-state index in [1.54, 1.807) is 18.5 Å². The van der Waals surface area contributed by atoms with E-state index >= 15 is 0 Å². The van der Waals surface area contributed by atoms with Crippen molar-refractivity contribution in [2.75, 3.05) is 25.2 Å². The lowest BCUT2D eigenvalue weighted by Crippen LogP contribution is -3.00. The molecule has 0 radical (unpaired) electrons. The minimum Gasteiger partial charge on any atom is -1.00 e. The Labute approximate surface area is 251 Å². The zero-order valence-electron chi connectivity index (χ0n) is 24.7. The first kappa shape index (κ1) is 41.4. The van der Waals surface area contributed by atoms with Crippen molar-refractivity contribution in [3.8, 4) is 0 Å². The summed E-state index contributed by atoms with van der Waals surface area (Å²) in [7, 11) is -0.668. The average molecular weight is 710 g/mol. The Morgan fingerprint density at radius 3 is 0.714 bits per heavy atom. The van der Waals surface area contributed by atoms with Gasteiger partial charge < -0.3 is 17.0 Å². The fourth-order valence-corrected chi connectivity index (χ4v) is 8.85. The molecule has 0 bridgehead atoms. The van der Waals surface area contributed by atoms with Gasteiger partial charge in [-0.25, -0.2) is 0 Å². The molecule has 0 fully saturated rings. The summed E-state index contributed by atoms with van der Waals surface area (Å²) in [6, 6.07) is 0. The predicted molar refractivity (Wildman–Crippen MR) is 173 cm³/mol. The van der Waals surface area contributed by atoms with Gasteiger partial charge in [-0.2, -0.15) is 0 Å². The van der Waals surface area contributed by atoms with E-state index in [0.717, 1.165) is 0 Å². The van der Waals surface area contributed by atoms with Gasteiger partial charge in [0.15, 0.2) is 0 Å². The zero-order valence-corrected chi connectivity index (χ0v) is 30.3. The molecule has 216 valence electrons. The number of hydrogen-bond acceptors (Lipinski definition) is 0. The van der Waals surface area contributed by atoms with Crippen LogP contribution in [0, 0.1) is 0 Å². The highest BCUT2D eigenvalue weighted by molar-refractivity contribution is 9.93. The molecule has 0 amide bonds. The summed E-state index contributed by atoms with van der Waals surface area (Å²) in [6.07, 6.45) is 40.2. The maximum absolute atomic E-state index is 2.76. The predicted octanol–water partition coefficient (Wildman–Crippen LogP) is 10.8. The standard InChI is InChI=1S/C31H66P.Br2.BrH/c1-5-8-11-14-17-20-23-26-29-32(4,30-27-24-21-18-15-12-9-6-2)31-28-25-22-19-16-13-10-7-3;1-2;/h5-31H2,1-4H3;;1H/q+1;;/p-1. The van der Waals surface area contributed by atoms with Crippen molar-refractivity contribution in [1.82, 2.24) is 0 Å². The quantitative estimate of drug-likeness (QED) is 0.0589. The van der Waals surface area contributed by atoms with Gasteiger partial charge in [0.25, 0.3) is 0 Å². The maximum Gasteiger partial charge on any atom is 0.0591 e. The van der Waals surface area contributed by atoms with E-state index in [0.29, 0.717) is 0 Å². The third-order valence-corrected chi connectivity index (χ3v) is 11.8. The average Bonchev–Trinajstić information content (AvgIpc) is 2.85. The molecule has 35 heavy (non-hydrogen) atoms. The number of unbranched alkanes of at least 4 members (excludes halogenated alkanes) is 21. The van der Waals surface area contributed by atoms with Gasteiger partial charge in [-0.15, -0.1) is 0 Å². The van der Waals surface area contributed by atoms with Crippen LogP contribution in [0.3, 0.4) is 0 Å². The zero-order chi connectivity index (χ0) is 25.6. The molecule has 0 spiro atoms. The molecule has 0 aliphatic rings. The number of hydrogen-bond donors (Lipinski definition) is 0. The first-order valence-electron chi connectivity index (χ1n) is 15.7. The van der Waals surface area contributed by atoms with E-state index in [4.69, 9.17) is 0 Å². The van der Waals surface area contributed by atoms with Crippen molar-refractivity contribution < 1.29 is 17.0 Å². The van der Waals surface area contributed by atoms with Crippen molar-refractivity contribution in [3.63, 3.8) is 0 Å². The lowest BCUT2D eigenvalue weighted by Gasteiger charge is -2.24. The van der Waals surface area contributed by atoms with Gasteiger partial charge in [-0.1, -0.05) is 136 Å². The van der Waals surface area contributed by atoms with E-state index < -0.39 is 7.26 Å². The SMILES string of the molecule is BrBr.CCCCCCCCCC[P+](C)(CCCCCCCCCC)CCCCCCCCCC.[Br-]. The second-order valence-electron chi connectivity index (χ2n) is 11.2. The van der Waals surface area contributed by atoms with Gasteiger partial charge in [0.05, 0.1) is 18.5 Å². The fraction of sp³-hybridized carbons (Fsp3) is 1.00. The molecule has 0 aromatic heterocycles. The third kappa shape index (κ3) is 33.8. The molecule has 0 atom stereocenters. The molecule has 0 rings (SSSR count). The maximum atomic E-state index is 2.76. The van der Waals surface area contributed by atoms with Crippen LogP contribution in [0.15, 0.2) is 0 Å². The van der Waals surface area contributed by atoms with Crippen LogP contribution < -0.4 is 17.0 Å². The second-order valence-corrected chi connectivity index (χ2v) is 15.8. The topological polar surface area (TPSA) is 0 Å². The molecule has 0 aromatic carbocycles. The Morgan fingerprint density at radius 1 is 0.343 bits per heavy atom. The molecular weight excluding hydrogens is 643 g/mol. The van der Waals surface area contributed by atoms with Crippen molar-refractivity contribution >= 4 is 35.5 Å². The van der Waals surface area contributed by atoms with Crippen molar-refractivity contribution in [2.45, 2.75) is 175 Å². The smallest absolute Gasteiger partial charge is 0.0591 e. The Bertz CT molecular complexity index is 302. The fourth-order valence-electron chi connectivity index (χ4n) is 5.22. The first-order valence-corrected chi connectivity index (χ1v) is 22.2. The van der Waals surface area contributed by atoms with E-state index in [-0.39, 0.29) is 17.0 Å². The van der Waals surface area contributed by atoms with Crippen molar-refractivity contribution in [1.29, 1.82) is 0 Å². The molecule has 0 nitrogen and oxygen atoms in total. The lowest BCUT2D eigenvalue weighted by atomic mass is 10.1. The van der Waals surface area contributed by atoms with Crippen molar-refractivity contribution in [3.05, 3.63) is 0 Å². The van der Waals surface area contributed by atoms with Gasteiger partial charge in [-0.3, -0.25) is 0 Å². The van der Waals surface area contributed by atoms with Crippen LogP contribution in [0.5, 0.6) is 0 Å². The van der Waals surface area contributed by atoms with E-state index in [1.807, 2.05) is 0 Å². The number of halogens is 3. The van der Waals surface area contributed by atoms with Crippen LogP contribution in [-0.2, 0) is 0 Å². The summed E-state index contributed by atoms with van der Waals surface area (Å²) >= 11 is 5.50. The Morgan fingerprint density at radius 2 is 0.514 bits per heavy atom. The third-order valence-electron chi connectivity index (χ3n) is 7.65. The highest BCUT2D eigenvalue weighted by Crippen LogP contribution is 2.57. The largest absolute Gasteiger partial charge is 1.00 e. The van der Waals surface area contributed by atoms with Gasteiger partial charge >= 0.3 is 0 Å². The Hall–Kier alpha value is 1.87. The summed E-state index contributed by atoms with van der Waals surface area (Å²) in [5.74, 6) is 0. The molecule has 0 N–H and O–H groups in total. The molecule has 0 aliphatic carbocycles. The first-order chi connectivity index (χ1) is 16.7. The van der Waals surface area contributed by atoms with E-state index in [9.17, 15) is 0 Å². The van der Waals surface area contributed by atoms with Crippen LogP contribution >= 0.6 is 35.5 Å². The van der Waals surface area contributed by atoms with Gasteiger partial charge in [-0.05, 0) is 38.5 Å². The monoisotopic (exact) mass is 706 g/mol. The van der Waals surface area contributed by atoms with Crippen LogP contribution in [0.25, 0.3) is 0 Å². The summed E-state index contributed by atoms with van der Waals surface area (Å²) in [6.45, 7) is 9.73. The lowest BCUT2D eigenvalue weighted by molar-refractivity contribution is -0.00000756. The normalized spacial score (nSPS) is 11.1. The molecule has 0 saturated carbocycles. The van der Waals surface area contributed by atoms with Crippen LogP contribution in [0.2, 0.25) is 0 Å². The summed E-state index contributed by atoms with van der Waals surface area (Å²) in [5, 5.41) is 0. The summed E-state index contributed by atoms with van der Waals surface area (Å²) in [5.41, 5.74) is 0. The molecule has 4 heteroatoms. The van der Waals surface area contributed by atoms with Crippen LogP contribution in [0.4, 0.5) is 0 Å². The molecule has 0 aromatic rings. The Balaban J connectivity index is -0.00000332. The van der Waals surface area contributed by atoms with Gasteiger partial charge in [0.1, 0.15) is 0 Å². The van der Waals surface area contributed by atoms with E-state index in [2.05, 4.69) is 55.7 Å². The summed E-state index contributed by atoms with van der Waals surface area (Å²) < 4.78 is 0. The highest BCUT2D eigenvalue weighted by Gasteiger charge is 2.29. The molecule has 0 heterocycles. The highest BCUT2D eigenvalue weighted by atomic mass is 80.9. The Kier molecular flexibility index (Phi) is 42.4. The van der Waals surface area contributed by atoms with Crippen LogP contribution in [0.1, 0.15) is 175 Å². The van der Waals surface area contributed by atoms with Gasteiger partial charge in [0, 0.05) is 42.2 Å². The van der Waals surface area contributed by atoms with E-state index in [1.165, 1.54) is 154 Å². The second kappa shape index (κ2) is 35.9. The van der Waals surface area contributed by atoms with Crippen LogP contribution in [-0.4, -0.2) is 25.2 Å². The summed E-state index contributed by atoms with van der Waals surface area (Å²) in [4.78, 5) is 0. The minimum absolute atomic E-state index is 0.